The van der Waals surface area contributed by atoms with E-state index in [1.807, 2.05) is 19.1 Å². The highest BCUT2D eigenvalue weighted by atomic mass is 32.2. The van der Waals surface area contributed by atoms with E-state index in [1.54, 1.807) is 12.1 Å². The summed E-state index contributed by atoms with van der Waals surface area (Å²) in [6.07, 6.45) is 2.05. The summed E-state index contributed by atoms with van der Waals surface area (Å²) in [5.41, 5.74) is 1.49. The number of para-hydroxylation sites is 1. The van der Waals surface area contributed by atoms with Crippen LogP contribution in [0.1, 0.15) is 12.5 Å². The Bertz CT molecular complexity index is 979. The van der Waals surface area contributed by atoms with Crippen molar-refractivity contribution in [1.82, 2.24) is 0 Å². The Kier molecular flexibility index (Phi) is 3.54. The summed E-state index contributed by atoms with van der Waals surface area (Å²) in [5.74, 6) is -0.367. The van der Waals surface area contributed by atoms with Crippen molar-refractivity contribution in [3.63, 3.8) is 0 Å². The van der Waals surface area contributed by atoms with Crippen LogP contribution in [0.5, 0.6) is 0 Å². The van der Waals surface area contributed by atoms with Crippen LogP contribution < -0.4 is 15.3 Å². The maximum absolute atomic E-state index is 12.5. The Morgan fingerprint density at radius 3 is 2.68 bits per heavy atom. The van der Waals surface area contributed by atoms with Gasteiger partial charge in [-0.3, -0.25) is 9.52 Å². The number of aryl methyl sites for hydroxylation is 1. The fourth-order valence-electron chi connectivity index (χ4n) is 2.33. The highest BCUT2D eigenvalue weighted by Crippen LogP contribution is 2.19. The topological polar surface area (TPSA) is 75.6 Å². The van der Waals surface area contributed by atoms with Gasteiger partial charge in [0, 0.05) is 11.3 Å². The lowest BCUT2D eigenvalue weighted by Crippen LogP contribution is -2.24. The summed E-state index contributed by atoms with van der Waals surface area (Å²) in [6.45, 7) is 1.96. The van der Waals surface area contributed by atoms with Gasteiger partial charge < -0.3 is 0 Å². The maximum atomic E-state index is 12.5. The van der Waals surface area contributed by atoms with Gasteiger partial charge in [-0.1, -0.05) is 25.1 Å². The minimum Gasteiger partial charge on any atom is -0.279 e. The molecule has 6 heteroatoms. The quantitative estimate of drug-likeness (QED) is 0.914. The SMILES string of the molecule is CCc1ccccc1NS(=O)(=O)c1ccc2c(c1)=CC(=O)N=2. The van der Waals surface area contributed by atoms with Crippen LogP contribution in [0.25, 0.3) is 6.08 Å². The van der Waals surface area contributed by atoms with Gasteiger partial charge in [0.05, 0.1) is 15.9 Å². The average molecular weight is 314 g/mol. The zero-order valence-corrected chi connectivity index (χ0v) is 12.7. The molecule has 22 heavy (non-hydrogen) atoms. The number of amides is 1. The lowest BCUT2D eigenvalue weighted by atomic mass is 10.1. The summed E-state index contributed by atoms with van der Waals surface area (Å²) >= 11 is 0. The van der Waals surface area contributed by atoms with E-state index in [1.165, 1.54) is 24.3 Å². The number of fused-ring (bicyclic) bond motifs is 1. The summed E-state index contributed by atoms with van der Waals surface area (Å²) in [4.78, 5) is 15.1. The molecule has 0 radical (unpaired) electrons. The largest absolute Gasteiger partial charge is 0.279 e. The molecule has 0 saturated carbocycles. The van der Waals surface area contributed by atoms with E-state index >= 15 is 0 Å². The van der Waals surface area contributed by atoms with Gasteiger partial charge in [0.15, 0.2) is 0 Å². The smallest absolute Gasteiger partial charge is 0.270 e. The third kappa shape index (κ3) is 2.65. The van der Waals surface area contributed by atoms with Gasteiger partial charge in [0.25, 0.3) is 15.9 Å². The summed E-state index contributed by atoms with van der Waals surface area (Å²) < 4.78 is 27.6. The van der Waals surface area contributed by atoms with Crippen molar-refractivity contribution in [1.29, 1.82) is 0 Å². The zero-order chi connectivity index (χ0) is 15.7. The molecule has 1 N–H and O–H groups in total. The van der Waals surface area contributed by atoms with Crippen LogP contribution in [0.4, 0.5) is 5.69 Å². The fourth-order valence-corrected chi connectivity index (χ4v) is 3.47. The molecule has 1 heterocycles. The molecule has 0 unspecified atom stereocenters. The molecule has 0 atom stereocenters. The van der Waals surface area contributed by atoms with E-state index in [-0.39, 0.29) is 10.8 Å². The van der Waals surface area contributed by atoms with Crippen LogP contribution in [0.3, 0.4) is 0 Å². The van der Waals surface area contributed by atoms with Crippen molar-refractivity contribution in [3.05, 3.63) is 58.6 Å². The van der Waals surface area contributed by atoms with Crippen molar-refractivity contribution in [2.45, 2.75) is 18.2 Å². The first-order chi connectivity index (χ1) is 10.5. The molecule has 0 saturated heterocycles. The first-order valence-corrected chi connectivity index (χ1v) is 8.33. The minimum absolute atomic E-state index is 0.110. The molecule has 3 rings (SSSR count). The Balaban J connectivity index is 2.02. The molecule has 2 aromatic rings. The van der Waals surface area contributed by atoms with Crippen LogP contribution in [0.2, 0.25) is 0 Å². The molecule has 2 aromatic carbocycles. The fraction of sp³-hybridized carbons (Fsp3) is 0.125. The highest BCUT2D eigenvalue weighted by molar-refractivity contribution is 7.92. The van der Waals surface area contributed by atoms with E-state index < -0.39 is 10.0 Å². The molecule has 0 spiro atoms. The van der Waals surface area contributed by atoms with Gasteiger partial charge in [-0.2, -0.15) is 0 Å². The van der Waals surface area contributed by atoms with E-state index in [0.717, 1.165) is 12.0 Å². The normalized spacial score (nSPS) is 13.2. The molecular formula is C16H14N2O3S. The van der Waals surface area contributed by atoms with E-state index in [2.05, 4.69) is 9.71 Å². The van der Waals surface area contributed by atoms with Crippen molar-refractivity contribution >= 4 is 27.7 Å². The predicted octanol–water partition coefficient (Wildman–Crippen LogP) is 0.990. The Labute approximate surface area is 128 Å². The first kappa shape index (κ1) is 14.5. The van der Waals surface area contributed by atoms with Gasteiger partial charge in [-0.05, 0) is 36.2 Å². The third-order valence-electron chi connectivity index (χ3n) is 3.46. The number of anilines is 1. The standard InChI is InChI=1S/C16H14N2O3S/c1-2-11-5-3-4-6-15(11)18-22(20,21)13-7-8-14-12(9-13)10-16(19)17-14/h3-10,18H,2H2,1H3. The lowest BCUT2D eigenvalue weighted by molar-refractivity contribution is -0.112. The van der Waals surface area contributed by atoms with Gasteiger partial charge >= 0.3 is 0 Å². The molecule has 112 valence electrons. The van der Waals surface area contributed by atoms with Crippen molar-refractivity contribution in [2.24, 2.45) is 4.99 Å². The average Bonchev–Trinajstić information content (AvgIpc) is 2.86. The second-order valence-corrected chi connectivity index (χ2v) is 6.61. The molecule has 1 aliphatic heterocycles. The number of carbonyl (C=O) groups excluding carboxylic acids is 1. The number of hydrogen-bond acceptors (Lipinski definition) is 3. The molecule has 0 aliphatic carbocycles. The summed E-state index contributed by atoms with van der Waals surface area (Å²) in [5, 5.41) is 1.02. The molecule has 5 nitrogen and oxygen atoms in total. The minimum atomic E-state index is -3.71. The Morgan fingerprint density at radius 1 is 1.14 bits per heavy atom. The van der Waals surface area contributed by atoms with Crippen molar-refractivity contribution in [3.8, 4) is 0 Å². The molecule has 0 aromatic heterocycles. The second-order valence-electron chi connectivity index (χ2n) is 4.93. The van der Waals surface area contributed by atoms with Crippen LogP contribution in [0, 0.1) is 0 Å². The summed E-state index contributed by atoms with van der Waals surface area (Å²) in [7, 11) is -3.71. The van der Waals surface area contributed by atoms with E-state index in [0.29, 0.717) is 16.3 Å². The van der Waals surface area contributed by atoms with Gasteiger partial charge in [-0.15, -0.1) is 0 Å². The molecule has 0 bridgehead atoms. The zero-order valence-electron chi connectivity index (χ0n) is 11.9. The number of sulfonamides is 1. The van der Waals surface area contributed by atoms with Crippen LogP contribution in [0.15, 0.2) is 52.4 Å². The van der Waals surface area contributed by atoms with Crippen LogP contribution in [-0.2, 0) is 21.2 Å². The molecule has 1 amide bonds. The third-order valence-corrected chi connectivity index (χ3v) is 4.82. The summed E-state index contributed by atoms with van der Waals surface area (Å²) in [6, 6.07) is 11.7. The number of rotatable bonds is 4. The van der Waals surface area contributed by atoms with E-state index in [4.69, 9.17) is 0 Å². The maximum Gasteiger partial charge on any atom is 0.270 e. The molecular weight excluding hydrogens is 300 g/mol. The van der Waals surface area contributed by atoms with Crippen LogP contribution >= 0.6 is 0 Å². The monoisotopic (exact) mass is 314 g/mol. The van der Waals surface area contributed by atoms with Gasteiger partial charge in [0.1, 0.15) is 0 Å². The van der Waals surface area contributed by atoms with E-state index in [9.17, 15) is 13.2 Å². The molecule has 1 aliphatic rings. The number of nitrogens with zero attached hydrogens (tertiary/aromatic N) is 1. The predicted molar refractivity (Wildman–Crippen MR) is 83.3 cm³/mol. The first-order valence-electron chi connectivity index (χ1n) is 6.85. The number of hydrogen-bond donors (Lipinski definition) is 1. The highest BCUT2D eigenvalue weighted by Gasteiger charge is 2.16. The van der Waals surface area contributed by atoms with Gasteiger partial charge in [0.2, 0.25) is 0 Å². The number of nitrogens with one attached hydrogen (secondary N) is 1. The van der Waals surface area contributed by atoms with Crippen molar-refractivity contribution < 1.29 is 13.2 Å². The Hall–Kier alpha value is -2.47. The lowest BCUT2D eigenvalue weighted by Gasteiger charge is -2.11. The number of carbonyl (C=O) groups is 1. The van der Waals surface area contributed by atoms with Gasteiger partial charge in [-0.25, -0.2) is 13.4 Å². The van der Waals surface area contributed by atoms with Crippen LogP contribution in [-0.4, -0.2) is 14.3 Å². The second kappa shape index (κ2) is 5.38. The number of benzene rings is 2. The molecule has 0 fully saturated rings. The van der Waals surface area contributed by atoms with Crippen molar-refractivity contribution in [2.75, 3.05) is 4.72 Å². The Morgan fingerprint density at radius 2 is 1.91 bits per heavy atom.